The van der Waals surface area contributed by atoms with E-state index in [4.69, 9.17) is 0 Å². The fraction of sp³-hybridized carbons (Fsp3) is 0.111. The molecule has 8 heteroatoms. The molecule has 3 rings (SSSR count). The smallest absolute Gasteiger partial charge is 0.306 e. The molecule has 0 spiro atoms. The fourth-order valence-electron chi connectivity index (χ4n) is 2.40. The topological polar surface area (TPSA) is 85.1 Å². The lowest BCUT2D eigenvalue weighted by Crippen LogP contribution is -2.14. The van der Waals surface area contributed by atoms with Crippen molar-refractivity contribution in [2.75, 3.05) is 5.32 Å². The summed E-state index contributed by atoms with van der Waals surface area (Å²) in [6, 6.07) is 11.1. The summed E-state index contributed by atoms with van der Waals surface area (Å²) in [4.78, 5) is 26.5. The second kappa shape index (κ2) is 7.40. The number of nitro groups is 1. The quantitative estimate of drug-likeness (QED) is 0.534. The van der Waals surface area contributed by atoms with E-state index in [-0.39, 0.29) is 18.0 Å². The van der Waals surface area contributed by atoms with E-state index in [1.165, 1.54) is 17.4 Å². The van der Waals surface area contributed by atoms with E-state index in [1.807, 2.05) is 31.2 Å². The van der Waals surface area contributed by atoms with Gasteiger partial charge in [0.05, 0.1) is 17.0 Å². The third kappa shape index (κ3) is 4.09. The molecular formula is C18H14FN3O3S. The van der Waals surface area contributed by atoms with Gasteiger partial charge in [-0.3, -0.25) is 14.9 Å². The maximum Gasteiger partial charge on any atom is 0.306 e. The number of benzene rings is 2. The molecule has 0 atom stereocenters. The zero-order valence-electron chi connectivity index (χ0n) is 13.7. The first-order valence-electron chi connectivity index (χ1n) is 7.67. The van der Waals surface area contributed by atoms with Crippen LogP contribution in [0.3, 0.4) is 0 Å². The van der Waals surface area contributed by atoms with Crippen molar-refractivity contribution in [3.05, 3.63) is 75.0 Å². The lowest BCUT2D eigenvalue weighted by molar-refractivity contribution is -0.387. The van der Waals surface area contributed by atoms with E-state index < -0.39 is 16.4 Å². The number of hydrogen-bond donors (Lipinski definition) is 1. The van der Waals surface area contributed by atoms with Crippen LogP contribution in [0.2, 0.25) is 0 Å². The minimum atomic E-state index is -0.949. The first kappa shape index (κ1) is 17.7. The standard InChI is InChI=1S/C18H14FN3O3S/c1-11-3-2-4-12(7-11)18-21-14(10-26-18)9-17(23)20-13-5-6-15(19)16(8-13)22(24)25/h2-8,10H,9H2,1H3,(H,20,23). The molecule has 0 saturated carbocycles. The summed E-state index contributed by atoms with van der Waals surface area (Å²) < 4.78 is 13.3. The number of carbonyl (C=O) groups excluding carboxylic acids is 1. The number of halogens is 1. The van der Waals surface area contributed by atoms with Crippen LogP contribution in [0.15, 0.2) is 47.8 Å². The highest BCUT2D eigenvalue weighted by Gasteiger charge is 2.16. The normalized spacial score (nSPS) is 10.5. The van der Waals surface area contributed by atoms with Gasteiger partial charge in [-0.1, -0.05) is 23.8 Å². The predicted molar refractivity (Wildman–Crippen MR) is 97.7 cm³/mol. The summed E-state index contributed by atoms with van der Waals surface area (Å²) in [5.74, 6) is -1.33. The van der Waals surface area contributed by atoms with Crippen LogP contribution in [-0.2, 0) is 11.2 Å². The number of anilines is 1. The van der Waals surface area contributed by atoms with E-state index in [2.05, 4.69) is 10.3 Å². The van der Waals surface area contributed by atoms with Gasteiger partial charge in [-0.15, -0.1) is 11.3 Å². The van der Waals surface area contributed by atoms with Crippen LogP contribution in [0.25, 0.3) is 10.6 Å². The Kier molecular flexibility index (Phi) is 5.04. The maximum absolute atomic E-state index is 13.3. The third-order valence-electron chi connectivity index (χ3n) is 3.59. The number of aryl methyl sites for hydroxylation is 1. The van der Waals surface area contributed by atoms with Crippen LogP contribution in [0.1, 0.15) is 11.3 Å². The zero-order valence-corrected chi connectivity index (χ0v) is 14.5. The molecule has 0 aliphatic rings. The SMILES string of the molecule is Cc1cccc(-c2nc(CC(=O)Nc3ccc(F)c([N+](=O)[O-])c3)cs2)c1. The minimum Gasteiger partial charge on any atom is -0.325 e. The number of amides is 1. The molecule has 132 valence electrons. The van der Waals surface area contributed by atoms with E-state index in [1.54, 1.807) is 5.38 Å². The van der Waals surface area contributed by atoms with Gasteiger partial charge in [0.15, 0.2) is 0 Å². The van der Waals surface area contributed by atoms with Gasteiger partial charge in [0, 0.05) is 22.7 Å². The molecule has 0 aliphatic heterocycles. The Morgan fingerprint density at radius 2 is 2.12 bits per heavy atom. The number of nitrogens with zero attached hydrogens (tertiary/aromatic N) is 2. The van der Waals surface area contributed by atoms with E-state index >= 15 is 0 Å². The average Bonchev–Trinajstić information content (AvgIpc) is 3.04. The molecule has 1 amide bonds. The van der Waals surface area contributed by atoms with E-state index in [9.17, 15) is 19.3 Å². The van der Waals surface area contributed by atoms with Gasteiger partial charge in [-0.05, 0) is 25.1 Å². The highest BCUT2D eigenvalue weighted by Crippen LogP contribution is 2.25. The molecule has 6 nitrogen and oxygen atoms in total. The van der Waals surface area contributed by atoms with Crippen molar-refractivity contribution in [3.8, 4) is 10.6 Å². The fourth-order valence-corrected chi connectivity index (χ4v) is 3.22. The molecule has 0 unspecified atom stereocenters. The van der Waals surface area contributed by atoms with E-state index in [0.29, 0.717) is 5.69 Å². The summed E-state index contributed by atoms with van der Waals surface area (Å²) in [6.07, 6.45) is 0.0213. The van der Waals surface area contributed by atoms with Gasteiger partial charge in [0.2, 0.25) is 11.7 Å². The summed E-state index contributed by atoms with van der Waals surface area (Å²) in [7, 11) is 0. The average molecular weight is 371 g/mol. The summed E-state index contributed by atoms with van der Waals surface area (Å²) in [5, 5.41) is 15.9. The van der Waals surface area contributed by atoms with Crippen LogP contribution in [-0.4, -0.2) is 15.8 Å². The molecule has 0 bridgehead atoms. The molecule has 3 aromatic rings. The molecule has 0 saturated heterocycles. The van der Waals surface area contributed by atoms with Crippen molar-refractivity contribution in [1.29, 1.82) is 0 Å². The van der Waals surface area contributed by atoms with Crippen molar-refractivity contribution in [3.63, 3.8) is 0 Å². The number of hydrogen-bond acceptors (Lipinski definition) is 5. The van der Waals surface area contributed by atoms with Gasteiger partial charge in [-0.2, -0.15) is 4.39 Å². The lowest BCUT2D eigenvalue weighted by atomic mass is 10.1. The second-order valence-electron chi connectivity index (χ2n) is 5.66. The van der Waals surface area contributed by atoms with Crippen LogP contribution in [0, 0.1) is 22.9 Å². The van der Waals surface area contributed by atoms with Crippen molar-refractivity contribution in [1.82, 2.24) is 4.98 Å². The third-order valence-corrected chi connectivity index (χ3v) is 4.53. The largest absolute Gasteiger partial charge is 0.325 e. The molecule has 26 heavy (non-hydrogen) atoms. The van der Waals surface area contributed by atoms with Gasteiger partial charge in [0.1, 0.15) is 5.01 Å². The van der Waals surface area contributed by atoms with Gasteiger partial charge in [-0.25, -0.2) is 4.98 Å². The molecule has 1 heterocycles. The Morgan fingerprint density at radius 1 is 1.31 bits per heavy atom. The first-order chi connectivity index (χ1) is 12.4. The Hall–Kier alpha value is -3.13. The van der Waals surface area contributed by atoms with Crippen molar-refractivity contribution >= 4 is 28.6 Å². The van der Waals surface area contributed by atoms with E-state index in [0.717, 1.165) is 28.3 Å². The zero-order chi connectivity index (χ0) is 18.7. The van der Waals surface area contributed by atoms with Gasteiger partial charge < -0.3 is 5.32 Å². The predicted octanol–water partition coefficient (Wildman–Crippen LogP) is 4.35. The summed E-state index contributed by atoms with van der Waals surface area (Å²) in [5.41, 5.74) is 2.18. The van der Waals surface area contributed by atoms with Crippen molar-refractivity contribution < 1.29 is 14.1 Å². The lowest BCUT2D eigenvalue weighted by Gasteiger charge is -2.04. The monoisotopic (exact) mass is 371 g/mol. The molecule has 0 aliphatic carbocycles. The first-order valence-corrected chi connectivity index (χ1v) is 8.55. The van der Waals surface area contributed by atoms with Crippen LogP contribution >= 0.6 is 11.3 Å². The molecule has 0 fully saturated rings. The number of aromatic nitrogens is 1. The number of rotatable bonds is 5. The second-order valence-corrected chi connectivity index (χ2v) is 6.52. The molecule has 1 aromatic heterocycles. The van der Waals surface area contributed by atoms with Crippen LogP contribution < -0.4 is 5.32 Å². The number of nitro benzene ring substituents is 1. The molecule has 2 aromatic carbocycles. The minimum absolute atomic E-state index is 0.0213. The number of thiazole rings is 1. The number of nitrogens with one attached hydrogen (secondary N) is 1. The van der Waals surface area contributed by atoms with Crippen molar-refractivity contribution in [2.24, 2.45) is 0 Å². The Balaban J connectivity index is 1.69. The molecule has 1 N–H and O–H groups in total. The van der Waals surface area contributed by atoms with Gasteiger partial charge in [0.25, 0.3) is 0 Å². The molecular weight excluding hydrogens is 357 g/mol. The molecule has 0 radical (unpaired) electrons. The van der Waals surface area contributed by atoms with Crippen LogP contribution in [0.4, 0.5) is 15.8 Å². The highest BCUT2D eigenvalue weighted by molar-refractivity contribution is 7.13. The Bertz CT molecular complexity index is 987. The highest BCUT2D eigenvalue weighted by atomic mass is 32.1. The Labute approximate surface area is 152 Å². The van der Waals surface area contributed by atoms with Crippen LogP contribution in [0.5, 0.6) is 0 Å². The Morgan fingerprint density at radius 3 is 2.85 bits per heavy atom. The maximum atomic E-state index is 13.3. The summed E-state index contributed by atoms with van der Waals surface area (Å²) in [6.45, 7) is 1.99. The van der Waals surface area contributed by atoms with Crippen molar-refractivity contribution in [2.45, 2.75) is 13.3 Å². The number of carbonyl (C=O) groups is 1. The summed E-state index contributed by atoms with van der Waals surface area (Å²) >= 11 is 1.44. The van der Waals surface area contributed by atoms with Gasteiger partial charge >= 0.3 is 5.69 Å².